The molecular weight excluding hydrogens is 725 g/mol. The number of carbonyl (C=O) groups excluding carboxylic acids is 2. The van der Waals surface area contributed by atoms with Gasteiger partial charge in [-0.1, -0.05) is 166 Å². The molecule has 0 aromatic carbocycles. The highest BCUT2D eigenvalue weighted by Gasteiger charge is 2.23. The molecule has 3 N–H and O–H groups in total. The lowest BCUT2D eigenvalue weighted by atomic mass is 10.1. The number of aliphatic hydroxyl groups excluding tert-OH is 1. The number of amides is 1. The normalized spacial score (nSPS) is 13.6. The van der Waals surface area contributed by atoms with Crippen LogP contribution in [0.15, 0.2) is 36.5 Å². The van der Waals surface area contributed by atoms with E-state index < -0.39 is 26.5 Å². The first-order valence-electron chi connectivity index (χ1n) is 23.0. The van der Waals surface area contributed by atoms with E-state index in [2.05, 4.69) is 55.6 Å². The Morgan fingerprint density at radius 2 is 0.964 bits per heavy atom. The molecule has 0 saturated heterocycles. The van der Waals surface area contributed by atoms with Gasteiger partial charge in [0, 0.05) is 19.4 Å². The molecule has 0 aliphatic heterocycles. The van der Waals surface area contributed by atoms with Gasteiger partial charge in [0.15, 0.2) is 0 Å². The standard InChI is InChI=1S/C46H86NO8P/c1-3-5-7-9-11-13-15-17-19-21-22-23-24-26-28-30-32-34-36-38-45(49)47-40-41-54-56(51,52)55-43-44(48)42-53-46(50)39-37-35-33-31-29-27-25-20-18-16-14-12-10-8-6-4-2/h11,13,17,19-20,25,44,48H,3-10,12,14-16,18,21-24,26-43H2,1-2H3,(H,47,49)(H,51,52)/b13-11-,19-17-,25-20-. The van der Waals surface area contributed by atoms with Crippen molar-refractivity contribution in [3.63, 3.8) is 0 Å². The molecule has 10 heteroatoms. The number of ether oxygens (including phenoxy) is 1. The monoisotopic (exact) mass is 812 g/mol. The lowest BCUT2D eigenvalue weighted by Crippen LogP contribution is -2.27. The average molecular weight is 812 g/mol. The van der Waals surface area contributed by atoms with Gasteiger partial charge in [-0.3, -0.25) is 18.6 Å². The maximum Gasteiger partial charge on any atom is 0.472 e. The van der Waals surface area contributed by atoms with E-state index in [1.54, 1.807) is 0 Å². The molecule has 0 rings (SSSR count). The third-order valence-electron chi connectivity index (χ3n) is 9.79. The quantitative estimate of drug-likeness (QED) is 0.0240. The summed E-state index contributed by atoms with van der Waals surface area (Å²) in [4.78, 5) is 33.9. The number of phosphoric ester groups is 1. The summed E-state index contributed by atoms with van der Waals surface area (Å²) in [5.41, 5.74) is 0. The van der Waals surface area contributed by atoms with Crippen molar-refractivity contribution in [3.8, 4) is 0 Å². The van der Waals surface area contributed by atoms with E-state index in [-0.39, 0.29) is 32.1 Å². The average Bonchev–Trinajstić information content (AvgIpc) is 3.18. The van der Waals surface area contributed by atoms with Gasteiger partial charge in [0.05, 0.1) is 13.2 Å². The topological polar surface area (TPSA) is 131 Å². The van der Waals surface area contributed by atoms with Gasteiger partial charge in [-0.15, -0.1) is 0 Å². The summed E-state index contributed by atoms with van der Waals surface area (Å²) in [6, 6.07) is 0. The molecule has 0 aromatic rings. The molecule has 0 fully saturated rings. The van der Waals surface area contributed by atoms with Crippen LogP contribution >= 0.6 is 7.82 Å². The van der Waals surface area contributed by atoms with Crippen LogP contribution in [-0.2, 0) is 27.9 Å². The largest absolute Gasteiger partial charge is 0.472 e. The summed E-state index contributed by atoms with van der Waals surface area (Å²) in [5, 5.41) is 12.7. The van der Waals surface area contributed by atoms with Gasteiger partial charge in [-0.25, -0.2) is 4.57 Å². The van der Waals surface area contributed by atoms with E-state index in [0.717, 1.165) is 64.2 Å². The number of phosphoric acid groups is 1. The molecule has 9 nitrogen and oxygen atoms in total. The van der Waals surface area contributed by atoms with Crippen molar-refractivity contribution in [2.45, 2.75) is 219 Å². The summed E-state index contributed by atoms with van der Waals surface area (Å²) in [7, 11) is -4.42. The Hall–Kier alpha value is -1.77. The van der Waals surface area contributed by atoms with E-state index in [9.17, 15) is 24.2 Å². The molecule has 0 heterocycles. The fourth-order valence-corrected chi connectivity index (χ4v) is 7.04. The van der Waals surface area contributed by atoms with Crippen molar-refractivity contribution >= 4 is 19.7 Å². The molecule has 0 bridgehead atoms. The minimum atomic E-state index is -4.42. The van der Waals surface area contributed by atoms with Crippen LogP contribution in [0.4, 0.5) is 0 Å². The van der Waals surface area contributed by atoms with E-state index >= 15 is 0 Å². The first-order chi connectivity index (χ1) is 27.3. The SMILES string of the molecule is CCCCC/C=C\C/C=C\CCCCCCCCCCCC(=O)NCCOP(=O)(O)OCC(O)COC(=O)CCCCCCC/C=C\CCCCCCCCC. The Morgan fingerprint density at radius 3 is 1.48 bits per heavy atom. The third kappa shape index (κ3) is 43.4. The molecule has 0 radical (unpaired) electrons. The van der Waals surface area contributed by atoms with Crippen LogP contribution in [0.5, 0.6) is 0 Å². The molecule has 2 unspecified atom stereocenters. The maximum atomic E-state index is 12.1. The van der Waals surface area contributed by atoms with Crippen molar-refractivity contribution in [1.29, 1.82) is 0 Å². The highest BCUT2D eigenvalue weighted by Crippen LogP contribution is 2.42. The van der Waals surface area contributed by atoms with Crippen LogP contribution in [0.25, 0.3) is 0 Å². The Morgan fingerprint density at radius 1 is 0.554 bits per heavy atom. The van der Waals surface area contributed by atoms with Crippen molar-refractivity contribution in [2.75, 3.05) is 26.4 Å². The molecular formula is C46H86NO8P. The van der Waals surface area contributed by atoms with Crippen LogP contribution in [0.2, 0.25) is 0 Å². The smallest absolute Gasteiger partial charge is 0.463 e. The van der Waals surface area contributed by atoms with E-state index in [4.69, 9.17) is 13.8 Å². The minimum absolute atomic E-state index is 0.0787. The Bertz CT molecular complexity index is 1020. The van der Waals surface area contributed by atoms with E-state index in [0.29, 0.717) is 6.42 Å². The summed E-state index contributed by atoms with van der Waals surface area (Å²) < 4.78 is 26.9. The van der Waals surface area contributed by atoms with Gasteiger partial charge < -0.3 is 20.1 Å². The number of esters is 1. The van der Waals surface area contributed by atoms with E-state index in [1.165, 1.54) is 122 Å². The lowest BCUT2D eigenvalue weighted by molar-refractivity contribution is -0.147. The summed E-state index contributed by atoms with van der Waals surface area (Å²) in [6.45, 7) is 3.53. The zero-order valence-corrected chi connectivity index (χ0v) is 37.0. The second kappa shape index (κ2) is 42.8. The summed E-state index contributed by atoms with van der Waals surface area (Å²) >= 11 is 0. The highest BCUT2D eigenvalue weighted by atomic mass is 31.2. The Labute approximate surface area is 343 Å². The summed E-state index contributed by atoms with van der Waals surface area (Å²) in [6.07, 6.45) is 47.8. The Kier molecular flexibility index (Phi) is 41.5. The molecule has 56 heavy (non-hydrogen) atoms. The van der Waals surface area contributed by atoms with Gasteiger partial charge in [-0.2, -0.15) is 0 Å². The molecule has 0 aromatic heterocycles. The predicted molar refractivity (Wildman–Crippen MR) is 234 cm³/mol. The maximum absolute atomic E-state index is 12.1. The number of unbranched alkanes of at least 4 members (excludes halogenated alkanes) is 24. The summed E-state index contributed by atoms with van der Waals surface area (Å²) in [5.74, 6) is -0.526. The van der Waals surface area contributed by atoms with Crippen LogP contribution in [-0.4, -0.2) is 54.3 Å². The van der Waals surface area contributed by atoms with Crippen molar-refractivity contribution < 1.29 is 37.9 Å². The van der Waals surface area contributed by atoms with Crippen LogP contribution in [0.3, 0.4) is 0 Å². The first-order valence-corrected chi connectivity index (χ1v) is 24.5. The van der Waals surface area contributed by atoms with Gasteiger partial charge >= 0.3 is 13.8 Å². The zero-order chi connectivity index (χ0) is 41.1. The molecule has 0 spiro atoms. The van der Waals surface area contributed by atoms with Crippen molar-refractivity contribution in [3.05, 3.63) is 36.5 Å². The number of aliphatic hydroxyl groups is 1. The van der Waals surface area contributed by atoms with Crippen LogP contribution < -0.4 is 5.32 Å². The third-order valence-corrected chi connectivity index (χ3v) is 10.8. The number of rotatable bonds is 43. The van der Waals surface area contributed by atoms with E-state index in [1.807, 2.05) is 0 Å². The molecule has 328 valence electrons. The molecule has 1 amide bonds. The molecule has 0 aliphatic carbocycles. The second-order valence-electron chi connectivity index (χ2n) is 15.4. The first kappa shape index (κ1) is 54.2. The predicted octanol–water partition coefficient (Wildman–Crippen LogP) is 12.9. The van der Waals surface area contributed by atoms with Gasteiger partial charge in [0.25, 0.3) is 0 Å². The van der Waals surface area contributed by atoms with Gasteiger partial charge in [-0.05, 0) is 70.6 Å². The van der Waals surface area contributed by atoms with Crippen molar-refractivity contribution in [1.82, 2.24) is 5.32 Å². The van der Waals surface area contributed by atoms with Gasteiger partial charge in [0.2, 0.25) is 5.91 Å². The number of hydrogen-bond donors (Lipinski definition) is 3. The fraction of sp³-hybridized carbons (Fsp3) is 0.826. The molecule has 0 saturated carbocycles. The second-order valence-corrected chi connectivity index (χ2v) is 16.8. The minimum Gasteiger partial charge on any atom is -0.463 e. The van der Waals surface area contributed by atoms with Gasteiger partial charge in [0.1, 0.15) is 12.7 Å². The highest BCUT2D eigenvalue weighted by molar-refractivity contribution is 7.47. The van der Waals surface area contributed by atoms with Crippen molar-refractivity contribution in [2.24, 2.45) is 0 Å². The molecule has 2 atom stereocenters. The van der Waals surface area contributed by atoms with Crippen LogP contribution in [0.1, 0.15) is 213 Å². The zero-order valence-electron chi connectivity index (χ0n) is 36.1. The number of allylic oxidation sites excluding steroid dienone is 6. The van der Waals surface area contributed by atoms with Crippen LogP contribution in [0, 0.1) is 0 Å². The molecule has 0 aliphatic rings. The number of nitrogens with one attached hydrogen (secondary N) is 1. The number of hydrogen-bond acceptors (Lipinski definition) is 7. The lowest BCUT2D eigenvalue weighted by Gasteiger charge is -2.15. The number of carbonyl (C=O) groups is 2. The Balaban J connectivity index is 3.59. The fourth-order valence-electron chi connectivity index (χ4n) is 6.29.